The van der Waals surface area contributed by atoms with Crippen LogP contribution in [-0.2, 0) is 6.54 Å². The number of ether oxygens (including phenoxy) is 1. The van der Waals surface area contributed by atoms with Gasteiger partial charge in [-0.2, -0.15) is 0 Å². The molecule has 116 valence electrons. The van der Waals surface area contributed by atoms with Gasteiger partial charge >= 0.3 is 6.03 Å². The highest BCUT2D eigenvalue weighted by Gasteiger charge is 2.02. The quantitative estimate of drug-likeness (QED) is 0.785. The van der Waals surface area contributed by atoms with Crippen LogP contribution in [0.15, 0.2) is 48.5 Å². The molecule has 0 saturated carbocycles. The number of hydrogen-bond acceptors (Lipinski definition) is 2. The molecular formula is C16H16Cl2N2O2. The molecule has 0 radical (unpaired) electrons. The highest BCUT2D eigenvalue weighted by atomic mass is 35.5. The van der Waals surface area contributed by atoms with Gasteiger partial charge in [-0.3, -0.25) is 0 Å². The number of benzene rings is 2. The summed E-state index contributed by atoms with van der Waals surface area (Å²) in [5.74, 6) is 0.711. The third-order valence-corrected chi connectivity index (χ3v) is 3.49. The Kier molecular flexibility index (Phi) is 6.37. The maximum Gasteiger partial charge on any atom is 0.315 e. The zero-order valence-electron chi connectivity index (χ0n) is 11.8. The van der Waals surface area contributed by atoms with Crippen molar-refractivity contribution < 1.29 is 9.53 Å². The van der Waals surface area contributed by atoms with Crippen LogP contribution in [0.25, 0.3) is 0 Å². The lowest BCUT2D eigenvalue weighted by Crippen LogP contribution is -2.37. The van der Waals surface area contributed by atoms with E-state index in [1.54, 1.807) is 30.3 Å². The van der Waals surface area contributed by atoms with Gasteiger partial charge in [0.15, 0.2) is 0 Å². The monoisotopic (exact) mass is 338 g/mol. The number of halogens is 2. The number of amides is 2. The van der Waals surface area contributed by atoms with Gasteiger partial charge in [0.25, 0.3) is 0 Å². The van der Waals surface area contributed by atoms with E-state index in [9.17, 15) is 4.79 Å². The zero-order chi connectivity index (χ0) is 15.8. The van der Waals surface area contributed by atoms with E-state index in [0.717, 1.165) is 5.56 Å². The van der Waals surface area contributed by atoms with Crippen LogP contribution < -0.4 is 15.4 Å². The van der Waals surface area contributed by atoms with Crippen LogP contribution in [0.4, 0.5) is 4.79 Å². The minimum absolute atomic E-state index is 0.264. The predicted molar refractivity (Wildman–Crippen MR) is 88.6 cm³/mol. The number of carbonyl (C=O) groups excluding carboxylic acids is 1. The molecule has 2 amide bonds. The van der Waals surface area contributed by atoms with E-state index in [1.807, 2.05) is 18.2 Å². The average Bonchev–Trinajstić information content (AvgIpc) is 2.52. The molecule has 0 aliphatic carbocycles. The van der Waals surface area contributed by atoms with Crippen molar-refractivity contribution in [2.75, 3.05) is 13.2 Å². The maximum atomic E-state index is 11.6. The van der Waals surface area contributed by atoms with Crippen LogP contribution in [0, 0.1) is 0 Å². The molecule has 0 fully saturated rings. The van der Waals surface area contributed by atoms with Gasteiger partial charge in [-0.25, -0.2) is 4.79 Å². The van der Waals surface area contributed by atoms with Gasteiger partial charge < -0.3 is 15.4 Å². The highest BCUT2D eigenvalue weighted by molar-refractivity contribution is 6.31. The Balaban J connectivity index is 1.64. The standard InChI is InChI=1S/C16H16Cl2N2O2/c17-13-5-7-14(8-6-13)22-10-9-19-16(21)20-11-12-3-1-2-4-15(12)18/h1-8H,9-11H2,(H2,19,20,21). The summed E-state index contributed by atoms with van der Waals surface area (Å²) in [6, 6.07) is 14.2. The van der Waals surface area contributed by atoms with Crippen LogP contribution in [-0.4, -0.2) is 19.2 Å². The summed E-state index contributed by atoms with van der Waals surface area (Å²) in [6.07, 6.45) is 0. The van der Waals surface area contributed by atoms with Gasteiger partial charge in [0, 0.05) is 16.6 Å². The summed E-state index contributed by atoms with van der Waals surface area (Å²) < 4.78 is 5.47. The van der Waals surface area contributed by atoms with E-state index in [2.05, 4.69) is 10.6 Å². The third kappa shape index (κ3) is 5.47. The smallest absolute Gasteiger partial charge is 0.315 e. The van der Waals surface area contributed by atoms with Crippen molar-refractivity contribution in [3.63, 3.8) is 0 Å². The van der Waals surface area contributed by atoms with E-state index in [0.29, 0.717) is 35.5 Å². The van der Waals surface area contributed by atoms with E-state index >= 15 is 0 Å². The summed E-state index contributed by atoms with van der Waals surface area (Å²) in [6.45, 7) is 1.15. The van der Waals surface area contributed by atoms with Crippen LogP contribution in [0.1, 0.15) is 5.56 Å². The highest BCUT2D eigenvalue weighted by Crippen LogP contribution is 2.15. The van der Waals surface area contributed by atoms with Crippen molar-refractivity contribution in [1.29, 1.82) is 0 Å². The fourth-order valence-electron chi connectivity index (χ4n) is 1.74. The van der Waals surface area contributed by atoms with Crippen LogP contribution >= 0.6 is 23.2 Å². The molecule has 6 heteroatoms. The van der Waals surface area contributed by atoms with E-state index in [4.69, 9.17) is 27.9 Å². The number of rotatable bonds is 6. The van der Waals surface area contributed by atoms with Crippen molar-refractivity contribution in [2.24, 2.45) is 0 Å². The number of hydrogen-bond donors (Lipinski definition) is 2. The molecule has 0 aliphatic rings. The van der Waals surface area contributed by atoms with Crippen molar-refractivity contribution in [3.8, 4) is 5.75 Å². The first-order chi connectivity index (χ1) is 10.6. The normalized spacial score (nSPS) is 10.1. The summed E-state index contributed by atoms with van der Waals surface area (Å²) in [7, 11) is 0. The van der Waals surface area contributed by atoms with Gasteiger partial charge in [-0.05, 0) is 35.9 Å². The van der Waals surface area contributed by atoms with Crippen molar-refractivity contribution in [3.05, 3.63) is 64.1 Å². The Bertz CT molecular complexity index is 618. The Morgan fingerprint density at radius 1 is 1.00 bits per heavy atom. The fraction of sp³-hybridized carbons (Fsp3) is 0.188. The lowest BCUT2D eigenvalue weighted by atomic mass is 10.2. The Hall–Kier alpha value is -1.91. The molecule has 0 aliphatic heterocycles. The molecule has 0 unspecified atom stereocenters. The van der Waals surface area contributed by atoms with Crippen LogP contribution in [0.3, 0.4) is 0 Å². The second kappa shape index (κ2) is 8.51. The fourth-order valence-corrected chi connectivity index (χ4v) is 2.07. The van der Waals surface area contributed by atoms with Gasteiger partial charge in [-0.1, -0.05) is 41.4 Å². The largest absolute Gasteiger partial charge is 0.492 e. The number of nitrogens with one attached hydrogen (secondary N) is 2. The van der Waals surface area contributed by atoms with Gasteiger partial charge in [0.05, 0.1) is 6.54 Å². The second-order valence-corrected chi connectivity index (χ2v) is 5.35. The van der Waals surface area contributed by atoms with E-state index in [1.165, 1.54) is 0 Å². The Morgan fingerprint density at radius 3 is 2.45 bits per heavy atom. The first kappa shape index (κ1) is 16.5. The summed E-state index contributed by atoms with van der Waals surface area (Å²) >= 11 is 11.8. The molecular weight excluding hydrogens is 323 g/mol. The summed E-state index contributed by atoms with van der Waals surface area (Å²) in [5, 5.41) is 6.74. The number of urea groups is 1. The lowest BCUT2D eigenvalue weighted by Gasteiger charge is -2.10. The van der Waals surface area contributed by atoms with Crippen LogP contribution in [0.2, 0.25) is 10.0 Å². The van der Waals surface area contributed by atoms with Crippen molar-refractivity contribution in [2.45, 2.75) is 6.54 Å². The first-order valence-electron chi connectivity index (χ1n) is 6.78. The summed E-state index contributed by atoms with van der Waals surface area (Å²) in [4.78, 5) is 11.6. The van der Waals surface area contributed by atoms with Crippen molar-refractivity contribution in [1.82, 2.24) is 10.6 Å². The Labute approximate surface area is 139 Å². The van der Waals surface area contributed by atoms with Gasteiger partial charge in [-0.15, -0.1) is 0 Å². The molecule has 0 saturated heterocycles. The van der Waals surface area contributed by atoms with E-state index in [-0.39, 0.29) is 6.03 Å². The molecule has 4 nitrogen and oxygen atoms in total. The third-order valence-electron chi connectivity index (χ3n) is 2.87. The minimum Gasteiger partial charge on any atom is -0.492 e. The summed E-state index contributed by atoms with van der Waals surface area (Å²) in [5.41, 5.74) is 0.872. The first-order valence-corrected chi connectivity index (χ1v) is 7.54. The average molecular weight is 339 g/mol. The predicted octanol–water partition coefficient (Wildman–Crippen LogP) is 3.87. The SMILES string of the molecule is O=C(NCCOc1ccc(Cl)cc1)NCc1ccccc1Cl. The van der Waals surface area contributed by atoms with Crippen LogP contribution in [0.5, 0.6) is 5.75 Å². The molecule has 0 spiro atoms. The lowest BCUT2D eigenvalue weighted by molar-refractivity contribution is 0.236. The minimum atomic E-state index is -0.264. The molecule has 0 heterocycles. The zero-order valence-corrected chi connectivity index (χ0v) is 13.3. The molecule has 2 aromatic carbocycles. The van der Waals surface area contributed by atoms with Gasteiger partial charge in [0.2, 0.25) is 0 Å². The molecule has 0 aromatic heterocycles. The topological polar surface area (TPSA) is 50.4 Å². The van der Waals surface area contributed by atoms with E-state index < -0.39 is 0 Å². The van der Waals surface area contributed by atoms with Crippen molar-refractivity contribution >= 4 is 29.2 Å². The molecule has 2 rings (SSSR count). The maximum absolute atomic E-state index is 11.6. The molecule has 2 aromatic rings. The molecule has 22 heavy (non-hydrogen) atoms. The number of carbonyl (C=O) groups is 1. The molecule has 0 bridgehead atoms. The molecule has 0 atom stereocenters. The van der Waals surface area contributed by atoms with Gasteiger partial charge in [0.1, 0.15) is 12.4 Å². The second-order valence-electron chi connectivity index (χ2n) is 4.50. The Morgan fingerprint density at radius 2 is 1.73 bits per heavy atom. The molecule has 2 N–H and O–H groups in total.